The SMILES string of the molecule is CCC(C)(CO)C(=O)OC1CC(C)CC(C)(C)C1. The summed E-state index contributed by atoms with van der Waals surface area (Å²) in [6.45, 7) is 10.2. The molecule has 1 rings (SSSR count). The van der Waals surface area contributed by atoms with Crippen LogP contribution in [0.3, 0.4) is 0 Å². The molecule has 3 atom stereocenters. The number of esters is 1. The van der Waals surface area contributed by atoms with Gasteiger partial charge in [0, 0.05) is 0 Å². The highest BCUT2D eigenvalue weighted by Gasteiger charge is 2.38. The third kappa shape index (κ3) is 3.71. The third-order valence-corrected chi connectivity index (χ3v) is 4.24. The van der Waals surface area contributed by atoms with Gasteiger partial charge in [-0.2, -0.15) is 0 Å². The summed E-state index contributed by atoms with van der Waals surface area (Å²) in [6.07, 6.45) is 3.67. The largest absolute Gasteiger partial charge is 0.462 e. The molecule has 0 aliphatic heterocycles. The van der Waals surface area contributed by atoms with E-state index < -0.39 is 5.41 Å². The predicted molar refractivity (Wildman–Crippen MR) is 72.2 cm³/mol. The lowest BCUT2D eigenvalue weighted by atomic mass is 9.71. The van der Waals surface area contributed by atoms with Crippen LogP contribution in [-0.4, -0.2) is 23.8 Å². The van der Waals surface area contributed by atoms with Crippen molar-refractivity contribution in [2.75, 3.05) is 6.61 Å². The molecule has 18 heavy (non-hydrogen) atoms. The highest BCUT2D eigenvalue weighted by molar-refractivity contribution is 5.76. The Morgan fingerprint density at radius 3 is 2.50 bits per heavy atom. The fraction of sp³-hybridized carbons (Fsp3) is 0.933. The van der Waals surface area contributed by atoms with E-state index in [0.29, 0.717) is 12.3 Å². The molecule has 0 heterocycles. The van der Waals surface area contributed by atoms with Gasteiger partial charge in [-0.15, -0.1) is 0 Å². The zero-order valence-corrected chi connectivity index (χ0v) is 12.5. The smallest absolute Gasteiger partial charge is 0.314 e. The van der Waals surface area contributed by atoms with Gasteiger partial charge in [-0.1, -0.05) is 27.7 Å². The monoisotopic (exact) mass is 256 g/mol. The van der Waals surface area contributed by atoms with Gasteiger partial charge < -0.3 is 9.84 Å². The first-order chi connectivity index (χ1) is 8.22. The number of hydrogen-bond donors (Lipinski definition) is 1. The van der Waals surface area contributed by atoms with Crippen LogP contribution in [0.1, 0.15) is 60.3 Å². The van der Waals surface area contributed by atoms with Crippen LogP contribution in [0.4, 0.5) is 0 Å². The van der Waals surface area contributed by atoms with Gasteiger partial charge in [0.05, 0.1) is 12.0 Å². The van der Waals surface area contributed by atoms with Gasteiger partial charge >= 0.3 is 5.97 Å². The summed E-state index contributed by atoms with van der Waals surface area (Å²) in [6, 6.07) is 0. The topological polar surface area (TPSA) is 46.5 Å². The Morgan fingerprint density at radius 1 is 1.44 bits per heavy atom. The summed E-state index contributed by atoms with van der Waals surface area (Å²) in [7, 11) is 0. The lowest BCUT2D eigenvalue weighted by Gasteiger charge is -2.39. The van der Waals surface area contributed by atoms with Crippen molar-refractivity contribution in [1.82, 2.24) is 0 Å². The molecule has 1 N–H and O–H groups in total. The number of ether oxygens (including phenoxy) is 1. The second-order valence-electron chi connectivity index (χ2n) is 7.01. The highest BCUT2D eigenvalue weighted by Crippen LogP contribution is 2.40. The number of aliphatic hydroxyl groups is 1. The van der Waals surface area contributed by atoms with Gasteiger partial charge in [0.15, 0.2) is 0 Å². The number of carbonyl (C=O) groups is 1. The fourth-order valence-electron chi connectivity index (χ4n) is 2.96. The van der Waals surface area contributed by atoms with E-state index >= 15 is 0 Å². The van der Waals surface area contributed by atoms with Crippen molar-refractivity contribution in [3.8, 4) is 0 Å². The van der Waals surface area contributed by atoms with E-state index in [1.165, 1.54) is 6.42 Å². The minimum Gasteiger partial charge on any atom is -0.462 e. The maximum absolute atomic E-state index is 12.1. The van der Waals surface area contributed by atoms with Crippen LogP contribution >= 0.6 is 0 Å². The molecule has 1 aliphatic rings. The van der Waals surface area contributed by atoms with E-state index in [-0.39, 0.29) is 24.1 Å². The lowest BCUT2D eigenvalue weighted by Crippen LogP contribution is -2.39. The summed E-state index contributed by atoms with van der Waals surface area (Å²) in [4.78, 5) is 12.1. The molecule has 3 nitrogen and oxygen atoms in total. The summed E-state index contributed by atoms with van der Waals surface area (Å²) in [5, 5.41) is 9.34. The van der Waals surface area contributed by atoms with E-state index in [2.05, 4.69) is 20.8 Å². The predicted octanol–water partition coefficient (Wildman–Crippen LogP) is 3.15. The molecule has 1 saturated carbocycles. The van der Waals surface area contributed by atoms with Crippen molar-refractivity contribution in [2.45, 2.75) is 66.4 Å². The molecular weight excluding hydrogens is 228 g/mol. The first-order valence-electron chi connectivity index (χ1n) is 7.04. The summed E-state index contributed by atoms with van der Waals surface area (Å²) < 4.78 is 5.65. The summed E-state index contributed by atoms with van der Waals surface area (Å²) in [5.41, 5.74) is -0.505. The van der Waals surface area contributed by atoms with Crippen LogP contribution in [0, 0.1) is 16.7 Å². The molecule has 1 aliphatic carbocycles. The van der Waals surface area contributed by atoms with E-state index in [1.54, 1.807) is 6.92 Å². The zero-order chi connectivity index (χ0) is 14.0. The van der Waals surface area contributed by atoms with Crippen LogP contribution in [0.5, 0.6) is 0 Å². The summed E-state index contributed by atoms with van der Waals surface area (Å²) in [5.74, 6) is 0.343. The van der Waals surface area contributed by atoms with Crippen LogP contribution in [-0.2, 0) is 9.53 Å². The van der Waals surface area contributed by atoms with E-state index in [1.807, 2.05) is 6.92 Å². The number of carbonyl (C=O) groups excluding carboxylic acids is 1. The molecule has 0 radical (unpaired) electrons. The first kappa shape index (κ1) is 15.5. The van der Waals surface area contributed by atoms with Crippen LogP contribution in [0.15, 0.2) is 0 Å². The second kappa shape index (κ2) is 5.60. The lowest BCUT2D eigenvalue weighted by molar-refractivity contribution is -0.167. The van der Waals surface area contributed by atoms with Crippen molar-refractivity contribution < 1.29 is 14.6 Å². The van der Waals surface area contributed by atoms with Gasteiger partial charge in [0.2, 0.25) is 0 Å². The van der Waals surface area contributed by atoms with Crippen molar-refractivity contribution >= 4 is 5.97 Å². The molecular formula is C15H28O3. The molecule has 0 aromatic heterocycles. The average molecular weight is 256 g/mol. The molecule has 0 bridgehead atoms. The highest BCUT2D eigenvalue weighted by atomic mass is 16.5. The van der Waals surface area contributed by atoms with Crippen molar-refractivity contribution in [1.29, 1.82) is 0 Å². The minimum absolute atomic E-state index is 0.00803. The Hall–Kier alpha value is -0.570. The Morgan fingerprint density at radius 2 is 2.06 bits per heavy atom. The first-order valence-corrected chi connectivity index (χ1v) is 7.04. The minimum atomic E-state index is -0.745. The van der Waals surface area contributed by atoms with E-state index in [9.17, 15) is 9.90 Å². The Bertz CT molecular complexity index is 292. The molecule has 0 amide bonds. The second-order valence-corrected chi connectivity index (χ2v) is 7.01. The Labute approximate surface area is 111 Å². The molecule has 0 spiro atoms. The normalized spacial score (nSPS) is 30.6. The molecule has 3 heteroatoms. The number of aliphatic hydroxyl groups excluding tert-OH is 1. The van der Waals surface area contributed by atoms with Gasteiger partial charge in [0.25, 0.3) is 0 Å². The van der Waals surface area contributed by atoms with E-state index in [4.69, 9.17) is 4.74 Å². The molecule has 3 unspecified atom stereocenters. The van der Waals surface area contributed by atoms with Crippen LogP contribution < -0.4 is 0 Å². The Balaban J connectivity index is 2.64. The standard InChI is InChI=1S/C15H28O3/c1-6-15(5,10-16)13(17)18-12-7-11(2)8-14(3,4)9-12/h11-12,16H,6-10H2,1-5H3. The maximum Gasteiger partial charge on any atom is 0.314 e. The molecule has 0 aromatic rings. The van der Waals surface area contributed by atoms with Crippen molar-refractivity contribution in [2.24, 2.45) is 16.7 Å². The summed E-state index contributed by atoms with van der Waals surface area (Å²) >= 11 is 0. The maximum atomic E-state index is 12.1. The van der Waals surface area contributed by atoms with Gasteiger partial charge in [-0.05, 0) is 43.9 Å². The number of rotatable bonds is 4. The van der Waals surface area contributed by atoms with Crippen LogP contribution in [0.2, 0.25) is 0 Å². The van der Waals surface area contributed by atoms with Crippen LogP contribution in [0.25, 0.3) is 0 Å². The molecule has 1 fully saturated rings. The Kier molecular flexibility index (Phi) is 4.82. The quantitative estimate of drug-likeness (QED) is 0.786. The van der Waals surface area contributed by atoms with Gasteiger partial charge in [0.1, 0.15) is 6.10 Å². The molecule has 0 saturated heterocycles. The average Bonchev–Trinajstić information content (AvgIpc) is 2.24. The van der Waals surface area contributed by atoms with Gasteiger partial charge in [-0.25, -0.2) is 0 Å². The number of hydrogen-bond acceptors (Lipinski definition) is 3. The van der Waals surface area contributed by atoms with Gasteiger partial charge in [-0.3, -0.25) is 4.79 Å². The van der Waals surface area contributed by atoms with Crippen molar-refractivity contribution in [3.63, 3.8) is 0 Å². The fourth-order valence-corrected chi connectivity index (χ4v) is 2.96. The molecule has 106 valence electrons. The van der Waals surface area contributed by atoms with Crippen molar-refractivity contribution in [3.05, 3.63) is 0 Å². The third-order valence-electron chi connectivity index (χ3n) is 4.24. The van der Waals surface area contributed by atoms with E-state index in [0.717, 1.165) is 12.8 Å². The zero-order valence-electron chi connectivity index (χ0n) is 12.5. The molecule has 0 aromatic carbocycles.